The Hall–Kier alpha value is -4.99. The first kappa shape index (κ1) is 26.6. The summed E-state index contributed by atoms with van der Waals surface area (Å²) in [6, 6.07) is 19.9. The molecule has 0 spiro atoms. The normalized spacial score (nSPS) is 11.1. The Kier molecular flexibility index (Phi) is 9.09. The molecule has 10 heteroatoms. The summed E-state index contributed by atoms with van der Waals surface area (Å²) in [7, 11) is 0. The maximum absolute atomic E-state index is 13.0. The smallest absolute Gasteiger partial charge is 0.326 e. The maximum atomic E-state index is 13.0. The highest BCUT2D eigenvalue weighted by Crippen LogP contribution is 2.21. The molecule has 0 radical (unpaired) electrons. The van der Waals surface area contributed by atoms with Crippen LogP contribution in [0, 0.1) is 0 Å². The second kappa shape index (κ2) is 12.6. The number of carboxylic acids is 2. The van der Waals surface area contributed by atoms with Gasteiger partial charge in [-0.2, -0.15) is 0 Å². The van der Waals surface area contributed by atoms with Gasteiger partial charge in [0.05, 0.1) is 28.9 Å². The van der Waals surface area contributed by atoms with E-state index in [1.54, 1.807) is 54.6 Å². The van der Waals surface area contributed by atoms with E-state index in [-0.39, 0.29) is 41.8 Å². The van der Waals surface area contributed by atoms with Crippen molar-refractivity contribution >= 4 is 41.0 Å². The second-order valence-corrected chi connectivity index (χ2v) is 8.04. The summed E-state index contributed by atoms with van der Waals surface area (Å²) >= 11 is 0. The Bertz CT molecular complexity index is 1310. The highest BCUT2D eigenvalue weighted by Gasteiger charge is 2.23. The van der Waals surface area contributed by atoms with Crippen LogP contribution < -0.4 is 16.0 Å². The van der Waals surface area contributed by atoms with E-state index in [0.29, 0.717) is 0 Å². The van der Waals surface area contributed by atoms with Crippen molar-refractivity contribution in [2.45, 2.75) is 25.3 Å². The Morgan fingerprint density at radius 2 is 1.19 bits per heavy atom. The molecule has 3 amide bonds. The minimum absolute atomic E-state index is 0.0538. The highest BCUT2D eigenvalue weighted by atomic mass is 16.4. The molecule has 0 heterocycles. The van der Waals surface area contributed by atoms with Gasteiger partial charge < -0.3 is 26.2 Å². The van der Waals surface area contributed by atoms with Crippen LogP contribution in [-0.4, -0.2) is 45.9 Å². The first-order chi connectivity index (χ1) is 17.7. The van der Waals surface area contributed by atoms with Crippen LogP contribution in [0.15, 0.2) is 78.9 Å². The van der Waals surface area contributed by atoms with Crippen LogP contribution in [0.3, 0.4) is 0 Å². The number of carbonyl (C=O) groups excluding carboxylic acids is 3. The number of para-hydroxylation sites is 2. The van der Waals surface area contributed by atoms with Crippen molar-refractivity contribution in [2.75, 3.05) is 10.6 Å². The van der Waals surface area contributed by atoms with Crippen LogP contribution in [0.1, 0.15) is 39.1 Å². The number of amides is 3. The third-order valence-electron chi connectivity index (χ3n) is 5.32. The number of benzene rings is 3. The minimum atomic E-state index is -1.20. The number of nitrogens with one attached hydrogen (secondary N) is 3. The number of rotatable bonds is 11. The van der Waals surface area contributed by atoms with E-state index in [4.69, 9.17) is 5.11 Å². The average molecular weight is 504 g/mol. The summed E-state index contributed by atoms with van der Waals surface area (Å²) < 4.78 is 0. The largest absolute Gasteiger partial charge is 0.481 e. The van der Waals surface area contributed by atoms with Gasteiger partial charge >= 0.3 is 11.9 Å². The molecule has 3 aromatic carbocycles. The molecule has 0 aliphatic heterocycles. The van der Waals surface area contributed by atoms with Gasteiger partial charge in [-0.3, -0.25) is 19.2 Å². The Morgan fingerprint density at radius 3 is 1.78 bits per heavy atom. The molecule has 37 heavy (non-hydrogen) atoms. The average Bonchev–Trinajstić information content (AvgIpc) is 2.88. The lowest BCUT2D eigenvalue weighted by atomic mass is 10.0. The highest BCUT2D eigenvalue weighted by molar-refractivity contribution is 6.13. The number of carboxylic acid groups (broad SMARTS) is 2. The van der Waals surface area contributed by atoms with E-state index in [2.05, 4.69) is 16.0 Å². The summed E-state index contributed by atoms with van der Waals surface area (Å²) in [5, 5.41) is 26.0. The van der Waals surface area contributed by atoms with Gasteiger partial charge in [0, 0.05) is 12.8 Å². The quantitative estimate of drug-likeness (QED) is 0.268. The molecule has 0 aliphatic rings. The summed E-state index contributed by atoms with van der Waals surface area (Å²) in [5.41, 5.74) is 1.19. The number of aliphatic carboxylic acids is 2. The Morgan fingerprint density at radius 1 is 0.649 bits per heavy atom. The Balaban J connectivity index is 1.76. The molecular formula is C27H25N3O7. The van der Waals surface area contributed by atoms with E-state index < -0.39 is 35.7 Å². The SMILES string of the molecule is O=C(O)CCC(=O)Nc1ccccc1C(=O)Nc1ccccc1C(=O)NC(Cc1ccccc1)C(=O)O. The van der Waals surface area contributed by atoms with Gasteiger partial charge in [-0.25, -0.2) is 4.79 Å². The number of anilines is 2. The van der Waals surface area contributed by atoms with Crippen molar-refractivity contribution in [1.29, 1.82) is 0 Å². The number of hydrogen-bond donors (Lipinski definition) is 5. The van der Waals surface area contributed by atoms with Gasteiger partial charge in [0.2, 0.25) is 5.91 Å². The summed E-state index contributed by atoms with van der Waals surface area (Å²) in [4.78, 5) is 60.6. The fourth-order valence-electron chi connectivity index (χ4n) is 3.49. The molecule has 0 fully saturated rings. The molecule has 0 bridgehead atoms. The van der Waals surface area contributed by atoms with Gasteiger partial charge in [-0.15, -0.1) is 0 Å². The third-order valence-corrected chi connectivity index (χ3v) is 5.32. The predicted octanol–water partition coefficient (Wildman–Crippen LogP) is 3.17. The molecule has 190 valence electrons. The van der Waals surface area contributed by atoms with Crippen molar-refractivity contribution in [1.82, 2.24) is 5.32 Å². The van der Waals surface area contributed by atoms with Crippen LogP contribution in [0.2, 0.25) is 0 Å². The minimum Gasteiger partial charge on any atom is -0.481 e. The van der Waals surface area contributed by atoms with Crippen LogP contribution in [-0.2, 0) is 20.8 Å². The van der Waals surface area contributed by atoms with Gasteiger partial charge in [0.25, 0.3) is 11.8 Å². The van der Waals surface area contributed by atoms with E-state index in [1.807, 2.05) is 0 Å². The summed E-state index contributed by atoms with van der Waals surface area (Å²) in [6.07, 6.45) is -0.544. The first-order valence-electron chi connectivity index (χ1n) is 11.3. The lowest BCUT2D eigenvalue weighted by Gasteiger charge is -2.17. The van der Waals surface area contributed by atoms with Crippen molar-refractivity contribution in [2.24, 2.45) is 0 Å². The van der Waals surface area contributed by atoms with Gasteiger partial charge in [-0.1, -0.05) is 54.6 Å². The molecule has 0 saturated carbocycles. The van der Waals surface area contributed by atoms with Crippen LogP contribution in [0.4, 0.5) is 11.4 Å². The lowest BCUT2D eigenvalue weighted by molar-refractivity contribution is -0.139. The summed E-state index contributed by atoms with van der Waals surface area (Å²) in [5.74, 6) is -4.21. The molecular weight excluding hydrogens is 478 g/mol. The molecule has 1 atom stereocenters. The predicted molar refractivity (Wildman–Crippen MR) is 135 cm³/mol. The van der Waals surface area contributed by atoms with Crippen molar-refractivity contribution in [3.8, 4) is 0 Å². The zero-order valence-corrected chi connectivity index (χ0v) is 19.6. The topological polar surface area (TPSA) is 162 Å². The zero-order valence-electron chi connectivity index (χ0n) is 19.6. The van der Waals surface area contributed by atoms with Crippen LogP contribution in [0.25, 0.3) is 0 Å². The fraction of sp³-hybridized carbons (Fsp3) is 0.148. The summed E-state index contributed by atoms with van der Waals surface area (Å²) in [6.45, 7) is 0. The maximum Gasteiger partial charge on any atom is 0.326 e. The van der Waals surface area contributed by atoms with E-state index >= 15 is 0 Å². The standard InChI is InChI=1S/C27H25N3O7/c31-23(14-15-24(32)33)28-20-12-6-4-10-18(20)25(34)29-21-13-7-5-11-19(21)26(35)30-22(27(36)37)16-17-8-2-1-3-9-17/h1-13,22H,14-16H2,(H,28,31)(H,29,34)(H,30,35)(H,32,33)(H,36,37). The van der Waals surface area contributed by atoms with Gasteiger partial charge in [0.1, 0.15) is 6.04 Å². The first-order valence-corrected chi connectivity index (χ1v) is 11.3. The molecule has 3 aromatic rings. The molecule has 10 nitrogen and oxygen atoms in total. The van der Waals surface area contributed by atoms with E-state index in [1.165, 1.54) is 24.3 Å². The lowest BCUT2D eigenvalue weighted by Crippen LogP contribution is -2.42. The number of carbonyl (C=O) groups is 5. The van der Waals surface area contributed by atoms with Gasteiger partial charge in [-0.05, 0) is 29.8 Å². The molecule has 0 aliphatic carbocycles. The van der Waals surface area contributed by atoms with Crippen LogP contribution in [0.5, 0.6) is 0 Å². The molecule has 3 rings (SSSR count). The number of hydrogen-bond acceptors (Lipinski definition) is 5. The van der Waals surface area contributed by atoms with Gasteiger partial charge in [0.15, 0.2) is 0 Å². The molecule has 0 saturated heterocycles. The van der Waals surface area contributed by atoms with E-state index in [9.17, 15) is 29.1 Å². The van der Waals surface area contributed by atoms with E-state index in [0.717, 1.165) is 5.56 Å². The van der Waals surface area contributed by atoms with Crippen molar-refractivity contribution in [3.05, 3.63) is 95.6 Å². The zero-order chi connectivity index (χ0) is 26.8. The van der Waals surface area contributed by atoms with Crippen LogP contribution >= 0.6 is 0 Å². The fourth-order valence-corrected chi connectivity index (χ4v) is 3.49. The molecule has 1 unspecified atom stereocenters. The third kappa shape index (κ3) is 7.76. The van der Waals surface area contributed by atoms with Crippen molar-refractivity contribution in [3.63, 3.8) is 0 Å². The van der Waals surface area contributed by atoms with Crippen molar-refractivity contribution < 1.29 is 34.2 Å². The Labute approximate surface area is 212 Å². The monoisotopic (exact) mass is 503 g/mol. The molecule has 5 N–H and O–H groups in total. The second-order valence-electron chi connectivity index (χ2n) is 8.04. The molecule has 0 aromatic heterocycles.